The molecular formula is C14H19ClF2N2O2. The highest BCUT2D eigenvalue weighted by atomic mass is 35.5. The van der Waals surface area contributed by atoms with E-state index in [0.29, 0.717) is 18.1 Å². The first-order valence-corrected chi connectivity index (χ1v) is 6.94. The molecule has 0 bridgehead atoms. The van der Waals surface area contributed by atoms with E-state index in [2.05, 4.69) is 4.98 Å². The van der Waals surface area contributed by atoms with Gasteiger partial charge in [-0.2, -0.15) is 0 Å². The van der Waals surface area contributed by atoms with Gasteiger partial charge in [0.2, 0.25) is 0 Å². The van der Waals surface area contributed by atoms with Crippen LogP contribution in [-0.2, 0) is 4.74 Å². The van der Waals surface area contributed by atoms with Gasteiger partial charge in [-0.1, -0.05) is 11.6 Å². The molecule has 2 rings (SSSR count). The van der Waals surface area contributed by atoms with Gasteiger partial charge in [-0.3, -0.25) is 0 Å². The number of hydrogen-bond acceptors (Lipinski definition) is 3. The second kappa shape index (κ2) is 7.54. The topological polar surface area (TPSA) is 42.4 Å². The third kappa shape index (κ3) is 7.22. The fourth-order valence-corrected chi connectivity index (χ4v) is 1.68. The summed E-state index contributed by atoms with van der Waals surface area (Å²) in [5.41, 5.74) is -0.495. The number of ether oxygens (including phenoxy) is 1. The zero-order valence-corrected chi connectivity index (χ0v) is 13.0. The van der Waals surface area contributed by atoms with Crippen LogP contribution in [0.15, 0.2) is 18.3 Å². The lowest BCUT2D eigenvalue weighted by Crippen LogP contribution is -2.35. The molecule has 0 aliphatic carbocycles. The number of carbonyl (C=O) groups is 1. The lowest BCUT2D eigenvalue weighted by atomic mass is 10.2. The van der Waals surface area contributed by atoms with Crippen LogP contribution < -0.4 is 0 Å². The van der Waals surface area contributed by atoms with E-state index < -0.39 is 17.9 Å². The molecule has 4 nitrogen and oxygen atoms in total. The largest absolute Gasteiger partial charge is 0.444 e. The number of aromatic nitrogens is 1. The summed E-state index contributed by atoms with van der Waals surface area (Å²) in [7, 11) is 0. The predicted molar refractivity (Wildman–Crippen MR) is 76.5 cm³/mol. The quantitative estimate of drug-likeness (QED) is 0.682. The minimum absolute atomic E-state index is 0.176. The summed E-state index contributed by atoms with van der Waals surface area (Å²) in [6.45, 7) is 6.04. The third-order valence-electron chi connectivity index (χ3n) is 2.47. The summed E-state index contributed by atoms with van der Waals surface area (Å²) in [5.74, 6) is -0.366. The number of rotatable bonds is 0. The van der Waals surface area contributed by atoms with Crippen molar-refractivity contribution in [3.63, 3.8) is 0 Å². The number of amides is 1. The molecule has 1 fully saturated rings. The second-order valence-corrected chi connectivity index (χ2v) is 6.00. The highest BCUT2D eigenvalue weighted by Gasteiger charge is 2.29. The fourth-order valence-electron chi connectivity index (χ4n) is 1.57. The van der Waals surface area contributed by atoms with Crippen LogP contribution in [0.1, 0.15) is 27.2 Å². The Bertz CT molecular complexity index is 442. The van der Waals surface area contributed by atoms with Crippen LogP contribution in [0.5, 0.6) is 0 Å². The van der Waals surface area contributed by atoms with Gasteiger partial charge in [-0.05, 0) is 39.3 Å². The second-order valence-electron chi connectivity index (χ2n) is 5.61. The van der Waals surface area contributed by atoms with Crippen LogP contribution in [0.2, 0.25) is 5.15 Å². The molecule has 7 heteroatoms. The van der Waals surface area contributed by atoms with Crippen LogP contribution >= 0.6 is 11.6 Å². The number of carbonyl (C=O) groups excluding carboxylic acids is 1. The molecule has 118 valence electrons. The molecule has 2 heterocycles. The highest BCUT2D eigenvalue weighted by molar-refractivity contribution is 6.29. The monoisotopic (exact) mass is 320 g/mol. The van der Waals surface area contributed by atoms with E-state index in [4.69, 9.17) is 16.3 Å². The van der Waals surface area contributed by atoms with Crippen molar-refractivity contribution < 1.29 is 18.3 Å². The van der Waals surface area contributed by atoms with Gasteiger partial charge < -0.3 is 9.64 Å². The molecule has 1 saturated heterocycles. The van der Waals surface area contributed by atoms with Crippen LogP contribution in [0.25, 0.3) is 0 Å². The van der Waals surface area contributed by atoms with Gasteiger partial charge in [0.1, 0.15) is 22.7 Å². The van der Waals surface area contributed by atoms with Crippen LogP contribution in [-0.4, -0.2) is 40.8 Å². The zero-order chi connectivity index (χ0) is 16.0. The van der Waals surface area contributed by atoms with Crippen molar-refractivity contribution in [3.05, 3.63) is 29.3 Å². The predicted octanol–water partition coefficient (Wildman–Crippen LogP) is 3.84. The first-order chi connectivity index (χ1) is 9.67. The van der Waals surface area contributed by atoms with E-state index in [1.165, 1.54) is 17.0 Å². The molecular weight excluding hydrogens is 302 g/mol. The maximum Gasteiger partial charge on any atom is 0.410 e. The van der Waals surface area contributed by atoms with Gasteiger partial charge in [0.15, 0.2) is 0 Å². The van der Waals surface area contributed by atoms with E-state index in [1.54, 1.807) is 20.8 Å². The molecule has 1 atom stereocenters. The summed E-state index contributed by atoms with van der Waals surface area (Å²) < 4.78 is 29.8. The van der Waals surface area contributed by atoms with Crippen molar-refractivity contribution in [2.24, 2.45) is 0 Å². The number of hydrogen-bond donors (Lipinski definition) is 0. The van der Waals surface area contributed by atoms with E-state index >= 15 is 0 Å². The summed E-state index contributed by atoms with van der Waals surface area (Å²) in [6.07, 6.45) is 0.210. The fraction of sp³-hybridized carbons (Fsp3) is 0.571. The van der Waals surface area contributed by atoms with Crippen molar-refractivity contribution in [1.29, 1.82) is 0 Å². The summed E-state index contributed by atoms with van der Waals surface area (Å²) in [4.78, 5) is 16.2. The van der Waals surface area contributed by atoms with Gasteiger partial charge in [0.05, 0.1) is 12.7 Å². The minimum Gasteiger partial charge on any atom is -0.444 e. The number of alkyl halides is 1. The lowest BCUT2D eigenvalue weighted by molar-refractivity contribution is 0.0284. The summed E-state index contributed by atoms with van der Waals surface area (Å²) in [6, 6.07) is 2.66. The van der Waals surface area contributed by atoms with Crippen molar-refractivity contribution in [3.8, 4) is 0 Å². The average molecular weight is 321 g/mol. The van der Waals surface area contributed by atoms with Gasteiger partial charge in [0, 0.05) is 6.54 Å². The van der Waals surface area contributed by atoms with Crippen molar-refractivity contribution in [1.82, 2.24) is 9.88 Å². The number of likely N-dealkylation sites (tertiary alicyclic amines) is 1. The number of nitrogens with zero attached hydrogens (tertiary/aromatic N) is 2. The SMILES string of the molecule is CC(C)(C)OC(=O)N1CCC(F)C1.Fc1ccc(Cl)nc1. The van der Waals surface area contributed by atoms with E-state index in [9.17, 15) is 13.6 Å². The Kier molecular flexibility index (Phi) is 6.33. The Hall–Kier alpha value is -1.43. The Labute approximate surface area is 128 Å². The molecule has 21 heavy (non-hydrogen) atoms. The first kappa shape index (κ1) is 17.6. The van der Waals surface area contributed by atoms with E-state index in [0.717, 1.165) is 6.20 Å². The van der Waals surface area contributed by atoms with Crippen LogP contribution in [0.3, 0.4) is 0 Å². The maximum atomic E-state index is 12.7. The van der Waals surface area contributed by atoms with Gasteiger partial charge in [-0.15, -0.1) is 0 Å². The van der Waals surface area contributed by atoms with E-state index in [1.807, 2.05) is 0 Å². The minimum atomic E-state index is -0.882. The zero-order valence-electron chi connectivity index (χ0n) is 12.3. The number of pyridine rings is 1. The van der Waals surface area contributed by atoms with Gasteiger partial charge in [-0.25, -0.2) is 18.6 Å². The Morgan fingerprint density at radius 1 is 1.48 bits per heavy atom. The normalized spacial score (nSPS) is 18.0. The molecule has 1 aromatic rings. The first-order valence-electron chi connectivity index (χ1n) is 6.56. The van der Waals surface area contributed by atoms with Gasteiger partial charge in [0.25, 0.3) is 0 Å². The van der Waals surface area contributed by atoms with Crippen molar-refractivity contribution in [2.45, 2.75) is 39.0 Å². The van der Waals surface area contributed by atoms with Gasteiger partial charge >= 0.3 is 6.09 Å². The Morgan fingerprint density at radius 3 is 2.52 bits per heavy atom. The molecule has 1 aliphatic rings. The molecule has 1 amide bonds. The smallest absolute Gasteiger partial charge is 0.410 e. The third-order valence-corrected chi connectivity index (χ3v) is 2.70. The molecule has 0 radical (unpaired) electrons. The van der Waals surface area contributed by atoms with Crippen molar-refractivity contribution in [2.75, 3.05) is 13.1 Å². The van der Waals surface area contributed by atoms with E-state index in [-0.39, 0.29) is 12.4 Å². The molecule has 0 saturated carbocycles. The average Bonchev–Trinajstić information content (AvgIpc) is 2.79. The highest BCUT2D eigenvalue weighted by Crippen LogP contribution is 2.16. The van der Waals surface area contributed by atoms with Crippen molar-refractivity contribution >= 4 is 17.7 Å². The molecule has 1 unspecified atom stereocenters. The summed E-state index contributed by atoms with van der Waals surface area (Å²) >= 11 is 5.33. The Morgan fingerprint density at radius 2 is 2.14 bits per heavy atom. The Balaban J connectivity index is 0.000000235. The molecule has 1 aliphatic heterocycles. The standard InChI is InChI=1S/C9H16FNO2.C5H3ClFN/c1-9(2,3)13-8(12)11-5-4-7(10)6-11;6-5-2-1-4(7)3-8-5/h7H,4-6H2,1-3H3;1-3H. The molecule has 0 N–H and O–H groups in total. The lowest BCUT2D eigenvalue weighted by Gasteiger charge is -2.23. The molecule has 0 spiro atoms. The van der Waals surface area contributed by atoms with Crippen LogP contribution in [0, 0.1) is 5.82 Å². The molecule has 1 aromatic heterocycles. The number of halogens is 3. The summed E-state index contributed by atoms with van der Waals surface area (Å²) in [5, 5.41) is 0.311. The maximum absolute atomic E-state index is 12.7. The van der Waals surface area contributed by atoms with Crippen LogP contribution in [0.4, 0.5) is 13.6 Å². The molecule has 0 aromatic carbocycles.